The molecule has 5 heteroatoms. The summed E-state index contributed by atoms with van der Waals surface area (Å²) < 4.78 is 2.35. The summed E-state index contributed by atoms with van der Waals surface area (Å²) in [5, 5.41) is 1.04. The van der Waals surface area contributed by atoms with Gasteiger partial charge in [0.2, 0.25) is 5.91 Å². The Balaban J connectivity index is 2.00. The summed E-state index contributed by atoms with van der Waals surface area (Å²) in [6.45, 7) is 2.08. The summed E-state index contributed by atoms with van der Waals surface area (Å²) in [6, 6.07) is 2.07. The normalized spacial score (nSPS) is 20.6. The zero-order valence-corrected chi connectivity index (χ0v) is 13.3. The second-order valence-corrected chi connectivity index (χ2v) is 6.67. The molecule has 1 spiro atoms. The number of carbonyl (C=O) groups excluding carboxylic acids is 1. The first-order chi connectivity index (χ1) is 10.6. The summed E-state index contributed by atoms with van der Waals surface area (Å²) >= 11 is 0. The minimum Gasteiger partial charge on any atom is -0.305 e. The minimum atomic E-state index is -0.0711. The Labute approximate surface area is 130 Å². The van der Waals surface area contributed by atoms with E-state index >= 15 is 0 Å². The highest BCUT2D eigenvalue weighted by molar-refractivity contribution is 5.98. The van der Waals surface area contributed by atoms with E-state index in [0.717, 1.165) is 41.9 Å². The quantitative estimate of drug-likeness (QED) is 0.813. The molecule has 0 saturated heterocycles. The lowest BCUT2D eigenvalue weighted by Gasteiger charge is -2.44. The van der Waals surface area contributed by atoms with Crippen LogP contribution in [-0.4, -0.2) is 27.5 Å². The summed E-state index contributed by atoms with van der Waals surface area (Å²) in [6.07, 6.45) is 9.16. The first kappa shape index (κ1) is 13.7. The predicted octanol–water partition coefficient (Wildman–Crippen LogP) is 3.02. The Morgan fingerprint density at radius 3 is 2.77 bits per heavy atom. The molecule has 4 rings (SSSR count). The van der Waals surface area contributed by atoms with Crippen molar-refractivity contribution in [3.8, 4) is 0 Å². The highest BCUT2D eigenvalue weighted by Gasteiger charge is 2.43. The number of anilines is 1. The van der Waals surface area contributed by atoms with Crippen LogP contribution in [0.3, 0.4) is 0 Å². The van der Waals surface area contributed by atoms with Gasteiger partial charge in [-0.25, -0.2) is 9.97 Å². The van der Waals surface area contributed by atoms with Crippen molar-refractivity contribution in [3.05, 3.63) is 18.1 Å². The van der Waals surface area contributed by atoms with Gasteiger partial charge in [0, 0.05) is 25.1 Å². The van der Waals surface area contributed by atoms with E-state index in [9.17, 15) is 4.79 Å². The first-order valence-electron chi connectivity index (χ1n) is 8.29. The lowest BCUT2D eigenvalue weighted by Crippen LogP contribution is -2.48. The third-order valence-electron chi connectivity index (χ3n) is 5.34. The number of hydrogen-bond acceptors (Lipinski definition) is 3. The van der Waals surface area contributed by atoms with Gasteiger partial charge in [-0.1, -0.05) is 26.2 Å². The van der Waals surface area contributed by atoms with Crippen LogP contribution in [0.25, 0.3) is 11.0 Å². The average molecular weight is 298 g/mol. The molecule has 0 unspecified atom stereocenters. The van der Waals surface area contributed by atoms with Gasteiger partial charge >= 0.3 is 0 Å². The van der Waals surface area contributed by atoms with Gasteiger partial charge in [0.15, 0.2) is 0 Å². The van der Waals surface area contributed by atoms with E-state index in [1.165, 1.54) is 19.3 Å². The smallest absolute Gasteiger partial charge is 0.230 e. The van der Waals surface area contributed by atoms with Gasteiger partial charge in [-0.2, -0.15) is 0 Å². The van der Waals surface area contributed by atoms with Crippen LogP contribution < -0.4 is 4.90 Å². The standard InChI is InChI=1S/C17H22N4O/c1-3-13-18-11-12-9-14-20(2)15(22)10-17(7-5-4-6-8-17)21(14)16(12)19-13/h9,11H,3-8,10H2,1-2H3. The molecule has 0 aromatic carbocycles. The fraction of sp³-hybridized carbons (Fsp3) is 0.588. The van der Waals surface area contributed by atoms with Crippen LogP contribution in [0, 0.1) is 0 Å². The van der Waals surface area contributed by atoms with Gasteiger partial charge < -0.3 is 9.47 Å². The maximum atomic E-state index is 12.5. The third-order valence-corrected chi connectivity index (χ3v) is 5.34. The molecule has 2 aromatic rings. The molecule has 5 nitrogen and oxygen atoms in total. The number of aromatic nitrogens is 3. The highest BCUT2D eigenvalue weighted by Crippen LogP contribution is 2.46. The SMILES string of the molecule is CCc1ncc2cc3n(c2n1)C1(CCCCC1)CC(=O)N3C. The number of carbonyl (C=O) groups is 1. The molecule has 1 aliphatic carbocycles. The Morgan fingerprint density at radius 2 is 2.05 bits per heavy atom. The molecule has 1 aliphatic heterocycles. The van der Waals surface area contributed by atoms with E-state index in [4.69, 9.17) is 4.98 Å². The number of nitrogens with zero attached hydrogens (tertiary/aromatic N) is 4. The van der Waals surface area contributed by atoms with E-state index in [1.807, 2.05) is 13.2 Å². The van der Waals surface area contributed by atoms with Crippen molar-refractivity contribution in [2.75, 3.05) is 11.9 Å². The Bertz CT molecular complexity index is 742. The van der Waals surface area contributed by atoms with Gasteiger partial charge in [0.1, 0.15) is 17.3 Å². The summed E-state index contributed by atoms with van der Waals surface area (Å²) in [4.78, 5) is 23.5. The van der Waals surface area contributed by atoms with E-state index in [0.29, 0.717) is 6.42 Å². The van der Waals surface area contributed by atoms with Gasteiger partial charge in [-0.3, -0.25) is 4.79 Å². The lowest BCUT2D eigenvalue weighted by atomic mass is 9.77. The molecule has 1 saturated carbocycles. The topological polar surface area (TPSA) is 51.0 Å². The molecule has 1 amide bonds. The molecule has 2 aromatic heterocycles. The third kappa shape index (κ3) is 1.81. The van der Waals surface area contributed by atoms with Crippen molar-refractivity contribution in [1.29, 1.82) is 0 Å². The number of fused-ring (bicyclic) bond motifs is 4. The summed E-state index contributed by atoms with van der Waals surface area (Å²) in [7, 11) is 1.87. The Kier molecular flexibility index (Phi) is 2.99. The second kappa shape index (κ2) is 4.80. The van der Waals surface area contributed by atoms with Crippen molar-refractivity contribution < 1.29 is 4.79 Å². The fourth-order valence-electron chi connectivity index (χ4n) is 4.11. The molecule has 1 fully saturated rings. The summed E-state index contributed by atoms with van der Waals surface area (Å²) in [5.41, 5.74) is 0.932. The maximum absolute atomic E-state index is 12.5. The number of aryl methyl sites for hydroxylation is 1. The molecular formula is C17H22N4O. The van der Waals surface area contributed by atoms with Crippen molar-refractivity contribution in [2.24, 2.45) is 0 Å². The molecule has 22 heavy (non-hydrogen) atoms. The second-order valence-electron chi connectivity index (χ2n) is 6.67. The summed E-state index contributed by atoms with van der Waals surface area (Å²) in [5.74, 6) is 2.08. The molecule has 0 atom stereocenters. The van der Waals surface area contributed by atoms with E-state index in [2.05, 4.69) is 22.5 Å². The van der Waals surface area contributed by atoms with E-state index in [1.54, 1.807) is 4.90 Å². The van der Waals surface area contributed by atoms with Crippen LogP contribution in [0.2, 0.25) is 0 Å². The number of amides is 1. The average Bonchev–Trinajstić information content (AvgIpc) is 2.93. The van der Waals surface area contributed by atoms with Crippen LogP contribution in [0.4, 0.5) is 5.82 Å². The van der Waals surface area contributed by atoms with Gasteiger partial charge in [-0.05, 0) is 18.9 Å². The van der Waals surface area contributed by atoms with Gasteiger partial charge in [0.05, 0.1) is 12.0 Å². The first-order valence-corrected chi connectivity index (χ1v) is 8.29. The molecule has 116 valence electrons. The molecule has 0 radical (unpaired) electrons. The van der Waals surface area contributed by atoms with Crippen molar-refractivity contribution >= 4 is 22.8 Å². The van der Waals surface area contributed by atoms with Crippen LogP contribution in [0.5, 0.6) is 0 Å². The predicted molar refractivity (Wildman–Crippen MR) is 86.0 cm³/mol. The zero-order valence-electron chi connectivity index (χ0n) is 13.3. The van der Waals surface area contributed by atoms with Crippen molar-refractivity contribution in [2.45, 2.75) is 57.4 Å². The highest BCUT2D eigenvalue weighted by atomic mass is 16.2. The maximum Gasteiger partial charge on any atom is 0.230 e. The monoisotopic (exact) mass is 298 g/mol. The number of hydrogen-bond donors (Lipinski definition) is 0. The van der Waals surface area contributed by atoms with Crippen LogP contribution in [-0.2, 0) is 16.8 Å². The Hall–Kier alpha value is -1.91. The van der Waals surface area contributed by atoms with Gasteiger partial charge in [0.25, 0.3) is 0 Å². The Morgan fingerprint density at radius 1 is 1.27 bits per heavy atom. The molecule has 0 N–H and O–H groups in total. The van der Waals surface area contributed by atoms with Crippen molar-refractivity contribution in [1.82, 2.24) is 14.5 Å². The van der Waals surface area contributed by atoms with Crippen LogP contribution >= 0.6 is 0 Å². The van der Waals surface area contributed by atoms with E-state index < -0.39 is 0 Å². The minimum absolute atomic E-state index is 0.0711. The van der Waals surface area contributed by atoms with Crippen LogP contribution in [0.15, 0.2) is 12.3 Å². The van der Waals surface area contributed by atoms with E-state index in [-0.39, 0.29) is 11.4 Å². The molecule has 2 aliphatic rings. The largest absolute Gasteiger partial charge is 0.305 e. The number of rotatable bonds is 1. The van der Waals surface area contributed by atoms with Crippen LogP contribution in [0.1, 0.15) is 51.3 Å². The molecule has 0 bridgehead atoms. The van der Waals surface area contributed by atoms with Gasteiger partial charge in [-0.15, -0.1) is 0 Å². The molecular weight excluding hydrogens is 276 g/mol. The zero-order chi connectivity index (χ0) is 15.3. The fourth-order valence-corrected chi connectivity index (χ4v) is 4.11. The lowest BCUT2D eigenvalue weighted by molar-refractivity contribution is -0.121. The van der Waals surface area contributed by atoms with Crippen molar-refractivity contribution in [3.63, 3.8) is 0 Å². The molecule has 3 heterocycles.